The van der Waals surface area contributed by atoms with E-state index in [1.54, 1.807) is 16.8 Å². The van der Waals surface area contributed by atoms with Gasteiger partial charge in [-0.3, -0.25) is 14.2 Å². The maximum absolute atomic E-state index is 12.3. The minimum atomic E-state index is -0.338. The van der Waals surface area contributed by atoms with Crippen LogP contribution in [0.15, 0.2) is 44.5 Å². The van der Waals surface area contributed by atoms with Crippen LogP contribution in [0.3, 0.4) is 0 Å². The van der Waals surface area contributed by atoms with E-state index >= 15 is 0 Å². The third-order valence-corrected chi connectivity index (χ3v) is 5.09. The number of thiophene rings is 1. The van der Waals surface area contributed by atoms with Crippen LogP contribution in [-0.4, -0.2) is 20.4 Å². The second-order valence-electron chi connectivity index (χ2n) is 5.31. The number of furan rings is 1. The van der Waals surface area contributed by atoms with Crippen LogP contribution in [0.5, 0.6) is 0 Å². The number of anilines is 1. The lowest BCUT2D eigenvalue weighted by atomic mass is 10.4. The summed E-state index contributed by atoms with van der Waals surface area (Å²) in [7, 11) is 0. The average Bonchev–Trinajstić information content (AvgIpc) is 3.30. The van der Waals surface area contributed by atoms with Gasteiger partial charge >= 0.3 is 0 Å². The number of nitrogens with zero attached hydrogens (tertiary/aromatic N) is 3. The van der Waals surface area contributed by atoms with Crippen molar-refractivity contribution in [3.63, 3.8) is 0 Å². The van der Waals surface area contributed by atoms with Gasteiger partial charge in [-0.1, -0.05) is 0 Å². The van der Waals surface area contributed by atoms with E-state index in [4.69, 9.17) is 4.42 Å². The Morgan fingerprint density at radius 3 is 3.00 bits per heavy atom. The first kappa shape index (κ1) is 15.7. The van der Waals surface area contributed by atoms with Crippen LogP contribution in [-0.2, 0) is 11.3 Å². The Morgan fingerprint density at radius 1 is 1.32 bits per heavy atom. The van der Waals surface area contributed by atoms with Crippen molar-refractivity contribution in [3.05, 3.63) is 51.4 Å². The van der Waals surface area contributed by atoms with Crippen molar-refractivity contribution < 1.29 is 9.21 Å². The van der Waals surface area contributed by atoms with Gasteiger partial charge < -0.3 is 9.73 Å². The van der Waals surface area contributed by atoms with E-state index in [0.717, 1.165) is 5.76 Å². The number of carbonyl (C=O) groups is 1. The van der Waals surface area contributed by atoms with Crippen LogP contribution >= 0.6 is 22.7 Å². The minimum Gasteiger partial charge on any atom is -0.460 e. The Morgan fingerprint density at radius 2 is 2.20 bits per heavy atom. The van der Waals surface area contributed by atoms with Gasteiger partial charge in [0.2, 0.25) is 5.91 Å². The number of aromatic nitrogens is 3. The third-order valence-electron chi connectivity index (χ3n) is 3.51. The summed E-state index contributed by atoms with van der Waals surface area (Å²) in [5, 5.41) is 7.27. The summed E-state index contributed by atoms with van der Waals surface area (Å²) in [6, 6.07) is 5.40. The molecule has 1 amide bonds. The zero-order chi connectivity index (χ0) is 17.4. The highest BCUT2D eigenvalue weighted by Gasteiger charge is 2.12. The fourth-order valence-electron chi connectivity index (χ4n) is 2.34. The second-order valence-corrected chi connectivity index (χ2v) is 7.07. The fraction of sp³-hybridized carbons (Fsp3) is 0.125. The number of rotatable bonds is 4. The van der Waals surface area contributed by atoms with Crippen LogP contribution < -0.4 is 10.9 Å². The molecule has 0 aliphatic carbocycles. The van der Waals surface area contributed by atoms with E-state index < -0.39 is 0 Å². The van der Waals surface area contributed by atoms with E-state index in [2.05, 4.69) is 15.3 Å². The van der Waals surface area contributed by atoms with Gasteiger partial charge in [0.25, 0.3) is 5.56 Å². The molecule has 0 bridgehead atoms. The first-order chi connectivity index (χ1) is 12.1. The summed E-state index contributed by atoms with van der Waals surface area (Å²) < 4.78 is 6.80. The summed E-state index contributed by atoms with van der Waals surface area (Å²) >= 11 is 2.69. The van der Waals surface area contributed by atoms with Crippen molar-refractivity contribution in [1.82, 2.24) is 14.5 Å². The van der Waals surface area contributed by atoms with Crippen LogP contribution in [0.2, 0.25) is 0 Å². The summed E-state index contributed by atoms with van der Waals surface area (Å²) in [4.78, 5) is 33.7. The molecule has 0 spiro atoms. The van der Waals surface area contributed by atoms with Crippen LogP contribution in [0, 0.1) is 6.92 Å². The van der Waals surface area contributed by atoms with Gasteiger partial charge in [-0.2, -0.15) is 0 Å². The van der Waals surface area contributed by atoms with Gasteiger partial charge in [-0.15, -0.1) is 22.7 Å². The predicted molar refractivity (Wildman–Crippen MR) is 97.1 cm³/mol. The largest absolute Gasteiger partial charge is 0.460 e. The second kappa shape index (κ2) is 6.26. The molecular formula is C16H12N4O3S2. The van der Waals surface area contributed by atoms with Gasteiger partial charge in [-0.05, 0) is 30.5 Å². The van der Waals surface area contributed by atoms with Gasteiger partial charge in [0.1, 0.15) is 22.8 Å². The van der Waals surface area contributed by atoms with Crippen LogP contribution in [0.1, 0.15) is 5.76 Å². The molecule has 0 aliphatic heterocycles. The lowest BCUT2D eigenvalue weighted by molar-refractivity contribution is -0.116. The zero-order valence-electron chi connectivity index (χ0n) is 13.1. The van der Waals surface area contributed by atoms with Crippen molar-refractivity contribution >= 4 is 43.9 Å². The molecule has 0 saturated carbocycles. The predicted octanol–water partition coefficient (Wildman–Crippen LogP) is 3.12. The van der Waals surface area contributed by atoms with Crippen molar-refractivity contribution in [2.45, 2.75) is 13.5 Å². The Kier molecular flexibility index (Phi) is 3.94. The number of amides is 1. The molecule has 1 N–H and O–H groups in total. The number of fused-ring (bicyclic) bond motifs is 1. The Labute approximate surface area is 149 Å². The maximum Gasteiger partial charge on any atom is 0.262 e. The molecule has 0 aliphatic rings. The molecule has 0 aromatic carbocycles. The molecule has 7 nitrogen and oxygen atoms in total. The number of hydrogen-bond acceptors (Lipinski definition) is 7. The summed E-state index contributed by atoms with van der Waals surface area (Å²) in [6.45, 7) is 1.74. The van der Waals surface area contributed by atoms with Gasteiger partial charge in [0, 0.05) is 5.38 Å². The number of carbonyl (C=O) groups excluding carboxylic acids is 1. The highest BCUT2D eigenvalue weighted by atomic mass is 32.1. The van der Waals surface area contributed by atoms with Gasteiger partial charge in [0.05, 0.1) is 11.7 Å². The SMILES string of the molecule is Cc1ccc(-c2csc(NC(=O)Cn3cnc4sccc4c3=O)n2)o1. The quantitative estimate of drug-likeness (QED) is 0.594. The van der Waals surface area contributed by atoms with E-state index in [1.807, 2.05) is 19.1 Å². The Bertz CT molecular complexity index is 1120. The molecule has 0 unspecified atom stereocenters. The average molecular weight is 372 g/mol. The van der Waals surface area contributed by atoms with Crippen LogP contribution in [0.25, 0.3) is 21.7 Å². The molecule has 0 saturated heterocycles. The van der Waals surface area contributed by atoms with E-state index in [-0.39, 0.29) is 18.0 Å². The summed E-state index contributed by atoms with van der Waals surface area (Å²) in [5.41, 5.74) is 0.430. The third kappa shape index (κ3) is 3.11. The van der Waals surface area contributed by atoms with Crippen molar-refractivity contribution in [2.24, 2.45) is 0 Å². The normalized spacial score (nSPS) is 11.1. The molecule has 4 heterocycles. The molecule has 9 heteroatoms. The number of thiazole rings is 1. The van der Waals surface area contributed by atoms with E-state index in [1.165, 1.54) is 33.6 Å². The summed E-state index contributed by atoms with van der Waals surface area (Å²) in [6.07, 6.45) is 1.39. The van der Waals surface area contributed by atoms with Gasteiger partial charge in [-0.25, -0.2) is 9.97 Å². The van der Waals surface area contributed by atoms with Gasteiger partial charge in [0.15, 0.2) is 10.9 Å². The molecule has 0 fully saturated rings. The zero-order valence-corrected chi connectivity index (χ0v) is 14.7. The molecule has 126 valence electrons. The number of hydrogen-bond donors (Lipinski definition) is 1. The smallest absolute Gasteiger partial charge is 0.262 e. The molecule has 0 atom stereocenters. The Hall–Kier alpha value is -2.78. The summed E-state index contributed by atoms with van der Waals surface area (Å²) in [5.74, 6) is 1.11. The molecule has 25 heavy (non-hydrogen) atoms. The van der Waals surface area contributed by atoms with Crippen molar-refractivity contribution in [3.8, 4) is 11.5 Å². The molecular weight excluding hydrogens is 360 g/mol. The van der Waals surface area contributed by atoms with E-state index in [0.29, 0.717) is 26.8 Å². The van der Waals surface area contributed by atoms with Crippen LogP contribution in [0.4, 0.5) is 5.13 Å². The molecule has 4 aromatic heterocycles. The topological polar surface area (TPSA) is 90.0 Å². The Balaban J connectivity index is 1.49. The molecule has 4 rings (SSSR count). The first-order valence-corrected chi connectivity index (χ1v) is 9.11. The highest BCUT2D eigenvalue weighted by molar-refractivity contribution is 7.16. The lowest BCUT2D eigenvalue weighted by Crippen LogP contribution is -2.27. The monoisotopic (exact) mass is 372 g/mol. The number of nitrogens with one attached hydrogen (secondary N) is 1. The van der Waals surface area contributed by atoms with E-state index in [9.17, 15) is 9.59 Å². The lowest BCUT2D eigenvalue weighted by Gasteiger charge is -2.04. The van der Waals surface area contributed by atoms with Crippen molar-refractivity contribution in [1.29, 1.82) is 0 Å². The standard InChI is InChI=1S/C16H12N4O3S2/c1-9-2-3-12(23-9)11-7-25-16(18-11)19-13(21)6-20-8-17-14-10(15(20)22)4-5-24-14/h2-5,7-8H,6H2,1H3,(H,18,19,21). The van der Waals surface area contributed by atoms with Crippen molar-refractivity contribution in [2.75, 3.05) is 5.32 Å². The fourth-order valence-corrected chi connectivity index (χ4v) is 3.78. The number of aryl methyl sites for hydroxylation is 1. The minimum absolute atomic E-state index is 0.119. The highest BCUT2D eigenvalue weighted by Crippen LogP contribution is 2.26. The maximum atomic E-state index is 12.3. The molecule has 4 aromatic rings. The first-order valence-electron chi connectivity index (χ1n) is 7.35. The molecule has 0 radical (unpaired) electrons.